The Hall–Kier alpha value is -2.96. The van der Waals surface area contributed by atoms with Crippen LogP contribution in [0.5, 0.6) is 5.75 Å². The molecule has 1 N–H and O–H groups in total. The molecule has 0 aromatic heterocycles. The van der Waals surface area contributed by atoms with E-state index >= 15 is 0 Å². The zero-order valence-corrected chi connectivity index (χ0v) is 17.2. The van der Waals surface area contributed by atoms with E-state index < -0.39 is 6.61 Å². The fourth-order valence-electron chi connectivity index (χ4n) is 4.05. The van der Waals surface area contributed by atoms with Crippen LogP contribution in [0.4, 0.5) is 14.5 Å². The Balaban J connectivity index is 1.46. The predicted molar refractivity (Wildman–Crippen MR) is 113 cm³/mol. The lowest BCUT2D eigenvalue weighted by Gasteiger charge is -2.32. The van der Waals surface area contributed by atoms with Gasteiger partial charge in [0.2, 0.25) is 11.8 Å². The zero-order chi connectivity index (χ0) is 21.8. The fraction of sp³-hybridized carbons (Fsp3) is 0.417. The van der Waals surface area contributed by atoms with Gasteiger partial charge in [0.15, 0.2) is 0 Å². The number of hydrogen-bond donors (Lipinski definition) is 1. The number of nitrogens with one attached hydrogen (secondary N) is 1. The van der Waals surface area contributed by atoms with Gasteiger partial charge in [0, 0.05) is 36.7 Å². The van der Waals surface area contributed by atoms with Gasteiger partial charge in [0.25, 0.3) is 0 Å². The summed E-state index contributed by atoms with van der Waals surface area (Å²) in [5.74, 6) is -0.0240. The summed E-state index contributed by atoms with van der Waals surface area (Å²) in [5.41, 5.74) is 2.05. The maximum Gasteiger partial charge on any atom is 0.387 e. The summed E-state index contributed by atoms with van der Waals surface area (Å²) in [6.07, 6.45) is 3.83. The molecule has 0 bridgehead atoms. The van der Waals surface area contributed by atoms with Crippen molar-refractivity contribution in [2.45, 2.75) is 38.7 Å². The van der Waals surface area contributed by atoms with Gasteiger partial charge in [-0.2, -0.15) is 8.78 Å². The van der Waals surface area contributed by atoms with Crippen molar-refractivity contribution in [1.29, 1.82) is 0 Å². The molecule has 1 atom stereocenters. The number of likely N-dealkylation sites (tertiary alicyclic amines) is 1. The smallest absolute Gasteiger partial charge is 0.387 e. The maximum absolute atomic E-state index is 12.9. The molecule has 2 fully saturated rings. The largest absolute Gasteiger partial charge is 0.435 e. The van der Waals surface area contributed by atoms with Crippen molar-refractivity contribution in [3.63, 3.8) is 0 Å². The molecule has 31 heavy (non-hydrogen) atoms. The van der Waals surface area contributed by atoms with E-state index in [1.165, 1.54) is 6.07 Å². The van der Waals surface area contributed by atoms with Crippen molar-refractivity contribution in [2.75, 3.05) is 18.4 Å². The molecule has 0 radical (unpaired) electrons. The number of benzene rings is 2. The fourth-order valence-corrected chi connectivity index (χ4v) is 4.05. The lowest BCUT2D eigenvalue weighted by molar-refractivity contribution is -0.135. The van der Waals surface area contributed by atoms with Crippen LogP contribution in [0.25, 0.3) is 0 Å². The van der Waals surface area contributed by atoms with Gasteiger partial charge >= 0.3 is 6.61 Å². The van der Waals surface area contributed by atoms with E-state index in [1.54, 1.807) is 12.1 Å². The second-order valence-corrected chi connectivity index (χ2v) is 8.25. The van der Waals surface area contributed by atoms with Crippen LogP contribution in [0.15, 0.2) is 48.5 Å². The Bertz CT molecular complexity index is 932. The van der Waals surface area contributed by atoms with Gasteiger partial charge < -0.3 is 15.0 Å². The van der Waals surface area contributed by atoms with Crippen LogP contribution in [-0.2, 0) is 16.0 Å². The van der Waals surface area contributed by atoms with Crippen molar-refractivity contribution < 1.29 is 23.1 Å². The van der Waals surface area contributed by atoms with Crippen LogP contribution in [0.2, 0.25) is 0 Å². The number of ether oxygens (including phenoxy) is 1. The Morgan fingerprint density at radius 1 is 1.06 bits per heavy atom. The molecule has 1 saturated heterocycles. The Labute approximate surface area is 180 Å². The van der Waals surface area contributed by atoms with Gasteiger partial charge in [0.05, 0.1) is 5.92 Å². The zero-order valence-electron chi connectivity index (χ0n) is 17.2. The van der Waals surface area contributed by atoms with E-state index in [2.05, 4.69) is 10.1 Å². The monoisotopic (exact) mass is 428 g/mol. The van der Waals surface area contributed by atoms with E-state index in [4.69, 9.17) is 0 Å². The number of amides is 2. The molecule has 1 aliphatic heterocycles. The van der Waals surface area contributed by atoms with Gasteiger partial charge in [-0.1, -0.05) is 30.3 Å². The second kappa shape index (κ2) is 9.45. The SMILES string of the molecule is O=C(Nc1ccc(OC(F)F)c(Cc2ccccc2)c1)C1CCCN(C(=O)C2CC2)C1. The minimum atomic E-state index is -2.92. The van der Waals surface area contributed by atoms with Gasteiger partial charge in [-0.05, 0) is 49.4 Å². The summed E-state index contributed by atoms with van der Waals surface area (Å²) in [4.78, 5) is 27.0. The molecule has 1 heterocycles. The highest BCUT2D eigenvalue weighted by Gasteiger charge is 2.36. The molecule has 4 rings (SSSR count). The van der Waals surface area contributed by atoms with Crippen molar-refractivity contribution in [2.24, 2.45) is 11.8 Å². The van der Waals surface area contributed by atoms with Crippen LogP contribution < -0.4 is 10.1 Å². The Morgan fingerprint density at radius 3 is 2.55 bits per heavy atom. The normalized spacial score (nSPS) is 18.7. The number of carbonyl (C=O) groups excluding carboxylic acids is 2. The summed E-state index contributed by atoms with van der Waals surface area (Å²) in [7, 11) is 0. The third-order valence-corrected chi connectivity index (χ3v) is 5.81. The lowest BCUT2D eigenvalue weighted by Crippen LogP contribution is -2.44. The number of nitrogens with zero attached hydrogens (tertiary/aromatic N) is 1. The van der Waals surface area contributed by atoms with E-state index in [-0.39, 0.29) is 29.4 Å². The van der Waals surface area contributed by atoms with Crippen LogP contribution >= 0.6 is 0 Å². The first-order chi connectivity index (χ1) is 15.0. The quantitative estimate of drug-likeness (QED) is 0.708. The topological polar surface area (TPSA) is 58.6 Å². The molecule has 0 spiro atoms. The van der Waals surface area contributed by atoms with Crippen LogP contribution in [0.1, 0.15) is 36.8 Å². The Kier molecular flexibility index (Phi) is 6.49. The Morgan fingerprint density at radius 2 is 1.84 bits per heavy atom. The van der Waals surface area contributed by atoms with Crippen molar-refractivity contribution in [1.82, 2.24) is 4.90 Å². The molecule has 164 valence electrons. The highest BCUT2D eigenvalue weighted by molar-refractivity contribution is 5.93. The van der Waals surface area contributed by atoms with Crippen molar-refractivity contribution in [3.05, 3.63) is 59.7 Å². The molecule has 2 amide bonds. The van der Waals surface area contributed by atoms with E-state index in [0.29, 0.717) is 30.8 Å². The number of carbonyl (C=O) groups is 2. The number of hydrogen-bond acceptors (Lipinski definition) is 3. The van der Waals surface area contributed by atoms with Crippen LogP contribution in [0.3, 0.4) is 0 Å². The molecular weight excluding hydrogens is 402 g/mol. The van der Waals surface area contributed by atoms with Gasteiger partial charge in [-0.15, -0.1) is 0 Å². The second-order valence-electron chi connectivity index (χ2n) is 8.25. The highest BCUT2D eigenvalue weighted by Crippen LogP contribution is 2.33. The lowest BCUT2D eigenvalue weighted by atomic mass is 9.96. The third kappa shape index (κ3) is 5.60. The van der Waals surface area contributed by atoms with Gasteiger partial charge in [-0.25, -0.2) is 0 Å². The van der Waals surface area contributed by atoms with Crippen LogP contribution in [0, 0.1) is 11.8 Å². The third-order valence-electron chi connectivity index (χ3n) is 5.81. The molecule has 2 aromatic rings. The molecule has 1 unspecified atom stereocenters. The minimum Gasteiger partial charge on any atom is -0.435 e. The van der Waals surface area contributed by atoms with Crippen LogP contribution in [-0.4, -0.2) is 36.4 Å². The molecule has 1 saturated carbocycles. The van der Waals surface area contributed by atoms with Gasteiger partial charge in [0.1, 0.15) is 5.75 Å². The first-order valence-electron chi connectivity index (χ1n) is 10.7. The number of piperidine rings is 1. The number of halogens is 2. The molecular formula is C24H26F2N2O3. The van der Waals surface area contributed by atoms with E-state index in [1.807, 2.05) is 35.2 Å². The predicted octanol–water partition coefficient (Wildman–Crippen LogP) is 4.47. The summed E-state index contributed by atoms with van der Waals surface area (Å²) < 4.78 is 30.3. The summed E-state index contributed by atoms with van der Waals surface area (Å²) in [6.45, 7) is -1.78. The van der Waals surface area contributed by atoms with Crippen molar-refractivity contribution >= 4 is 17.5 Å². The summed E-state index contributed by atoms with van der Waals surface area (Å²) >= 11 is 0. The number of rotatable bonds is 7. The summed E-state index contributed by atoms with van der Waals surface area (Å²) in [5, 5.41) is 2.90. The van der Waals surface area contributed by atoms with Crippen molar-refractivity contribution in [3.8, 4) is 5.75 Å². The van der Waals surface area contributed by atoms with E-state index in [9.17, 15) is 18.4 Å². The van der Waals surface area contributed by atoms with Gasteiger partial charge in [-0.3, -0.25) is 9.59 Å². The minimum absolute atomic E-state index is 0.0933. The standard InChI is InChI=1S/C24H26F2N2O3/c25-24(26)31-21-11-10-20(14-19(21)13-16-5-2-1-3-6-16)27-22(29)18-7-4-12-28(15-18)23(30)17-8-9-17/h1-3,5-6,10-11,14,17-18,24H,4,7-9,12-13,15H2,(H,27,29). The molecule has 5 nitrogen and oxygen atoms in total. The molecule has 7 heteroatoms. The summed E-state index contributed by atoms with van der Waals surface area (Å²) in [6, 6.07) is 14.2. The highest BCUT2D eigenvalue weighted by atomic mass is 19.3. The molecule has 1 aliphatic carbocycles. The maximum atomic E-state index is 12.9. The average Bonchev–Trinajstić information content (AvgIpc) is 3.61. The molecule has 2 aromatic carbocycles. The molecule has 2 aliphatic rings. The number of anilines is 1. The average molecular weight is 428 g/mol. The van der Waals surface area contributed by atoms with E-state index in [0.717, 1.165) is 31.2 Å². The number of alkyl halides is 2. The first-order valence-corrected chi connectivity index (χ1v) is 10.7. The first kappa shape index (κ1) is 21.3.